The van der Waals surface area contributed by atoms with Crippen LogP contribution in [0.1, 0.15) is 73.4 Å². The Morgan fingerprint density at radius 1 is 1.09 bits per heavy atom. The summed E-state index contributed by atoms with van der Waals surface area (Å²) >= 11 is 0. The second-order valence-electron chi connectivity index (χ2n) is 9.73. The number of carbonyl (C=O) groups excluding carboxylic acids is 1. The summed E-state index contributed by atoms with van der Waals surface area (Å²) in [5.74, 6) is 1.33. The van der Waals surface area contributed by atoms with Crippen LogP contribution >= 0.6 is 0 Å². The minimum Gasteiger partial charge on any atom is -0.342 e. The third-order valence-corrected chi connectivity index (χ3v) is 7.36. The molecule has 3 heterocycles. The molecule has 1 amide bonds. The van der Waals surface area contributed by atoms with Gasteiger partial charge in [-0.05, 0) is 50.7 Å². The molecule has 0 unspecified atom stereocenters. The zero-order valence-corrected chi connectivity index (χ0v) is 19.5. The van der Waals surface area contributed by atoms with E-state index in [0.717, 1.165) is 44.3 Å². The number of benzene rings is 1. The number of H-pyrrole nitrogens is 1. The molecule has 0 radical (unpaired) electrons. The lowest BCUT2D eigenvalue weighted by Gasteiger charge is -2.34. The summed E-state index contributed by atoms with van der Waals surface area (Å²) in [6, 6.07) is 6.32. The maximum absolute atomic E-state index is 12.9. The van der Waals surface area contributed by atoms with Gasteiger partial charge in [0.2, 0.25) is 5.91 Å². The molecule has 2 aliphatic rings. The number of carbonyl (C=O) groups is 1. The molecule has 8 heteroatoms. The number of amides is 1. The molecule has 2 aromatic heterocycles. The fourth-order valence-electron chi connectivity index (χ4n) is 5.30. The van der Waals surface area contributed by atoms with E-state index < -0.39 is 0 Å². The molecule has 1 aliphatic heterocycles. The molecule has 1 saturated carbocycles. The number of aryl methyl sites for hydroxylation is 2. The number of likely N-dealkylation sites (tertiary alicyclic amines) is 1. The standard InChI is InChI=1S/C25H32N6O2/c1-16-8-9-17(2)20(14-16)15-31-23-21(28-29-31)24(32)27-22(26-23)18-10-12-30(13-11-18)25(33)19-6-4-3-5-7-19/h8-9,14,18-19H,3-7,10-13,15H2,1-2H3,(H,26,27,32). The van der Waals surface area contributed by atoms with Gasteiger partial charge >= 0.3 is 0 Å². The Morgan fingerprint density at radius 3 is 2.61 bits per heavy atom. The second-order valence-corrected chi connectivity index (χ2v) is 9.73. The van der Waals surface area contributed by atoms with Crippen molar-refractivity contribution in [1.29, 1.82) is 0 Å². The zero-order valence-electron chi connectivity index (χ0n) is 19.5. The summed E-state index contributed by atoms with van der Waals surface area (Å²) in [5, 5.41) is 8.32. The lowest BCUT2D eigenvalue weighted by molar-refractivity contribution is -0.137. The van der Waals surface area contributed by atoms with Crippen molar-refractivity contribution in [2.75, 3.05) is 13.1 Å². The Morgan fingerprint density at radius 2 is 1.85 bits per heavy atom. The smallest absolute Gasteiger partial charge is 0.281 e. The Balaban J connectivity index is 1.34. The van der Waals surface area contributed by atoms with Crippen molar-refractivity contribution in [1.82, 2.24) is 29.9 Å². The molecule has 5 rings (SSSR count). The minimum absolute atomic E-state index is 0.126. The quantitative estimate of drug-likeness (QED) is 0.659. The Bertz CT molecular complexity index is 1220. The zero-order chi connectivity index (χ0) is 22.9. The monoisotopic (exact) mass is 448 g/mol. The number of hydrogen-bond acceptors (Lipinski definition) is 5. The van der Waals surface area contributed by atoms with Crippen LogP contribution in [-0.4, -0.2) is 48.9 Å². The van der Waals surface area contributed by atoms with Gasteiger partial charge in [-0.3, -0.25) is 9.59 Å². The molecule has 1 saturated heterocycles. The molecule has 174 valence electrons. The molecule has 1 aliphatic carbocycles. The van der Waals surface area contributed by atoms with E-state index in [9.17, 15) is 9.59 Å². The number of nitrogens with one attached hydrogen (secondary N) is 1. The van der Waals surface area contributed by atoms with Gasteiger partial charge in [-0.25, -0.2) is 9.67 Å². The maximum Gasteiger partial charge on any atom is 0.281 e. The first-order valence-corrected chi connectivity index (χ1v) is 12.2. The summed E-state index contributed by atoms with van der Waals surface area (Å²) in [6.07, 6.45) is 7.27. The van der Waals surface area contributed by atoms with Crippen LogP contribution < -0.4 is 5.56 Å². The van der Waals surface area contributed by atoms with Gasteiger partial charge < -0.3 is 9.88 Å². The molecule has 1 N–H and O–H groups in total. The first-order valence-electron chi connectivity index (χ1n) is 12.2. The Hall–Kier alpha value is -3.03. The van der Waals surface area contributed by atoms with Gasteiger partial charge in [0.25, 0.3) is 5.56 Å². The van der Waals surface area contributed by atoms with Crippen LogP contribution in [0.25, 0.3) is 11.2 Å². The van der Waals surface area contributed by atoms with Gasteiger partial charge in [-0.1, -0.05) is 48.2 Å². The number of hydrogen-bond donors (Lipinski definition) is 1. The predicted octanol–water partition coefficient (Wildman–Crippen LogP) is 3.47. The van der Waals surface area contributed by atoms with E-state index in [4.69, 9.17) is 4.98 Å². The molecule has 0 spiro atoms. The third kappa shape index (κ3) is 4.43. The van der Waals surface area contributed by atoms with Crippen LogP contribution in [0.5, 0.6) is 0 Å². The highest BCUT2D eigenvalue weighted by Crippen LogP contribution is 2.30. The number of aromatic amines is 1. The van der Waals surface area contributed by atoms with E-state index in [2.05, 4.69) is 47.3 Å². The van der Waals surface area contributed by atoms with Crippen molar-refractivity contribution < 1.29 is 4.79 Å². The van der Waals surface area contributed by atoms with Crippen LogP contribution in [0, 0.1) is 19.8 Å². The Labute approximate surface area is 193 Å². The molecule has 3 aromatic rings. The number of piperidine rings is 1. The van der Waals surface area contributed by atoms with Crippen molar-refractivity contribution in [2.24, 2.45) is 5.92 Å². The fraction of sp³-hybridized carbons (Fsp3) is 0.560. The van der Waals surface area contributed by atoms with Crippen molar-refractivity contribution in [3.63, 3.8) is 0 Å². The van der Waals surface area contributed by atoms with Gasteiger partial charge in [0.05, 0.1) is 6.54 Å². The highest BCUT2D eigenvalue weighted by molar-refractivity contribution is 5.79. The van der Waals surface area contributed by atoms with Gasteiger partial charge in [0, 0.05) is 24.9 Å². The van der Waals surface area contributed by atoms with Crippen LogP contribution in [0.2, 0.25) is 0 Å². The maximum atomic E-state index is 12.9. The van der Waals surface area contributed by atoms with E-state index in [1.54, 1.807) is 4.68 Å². The summed E-state index contributed by atoms with van der Waals surface area (Å²) in [4.78, 5) is 35.4. The summed E-state index contributed by atoms with van der Waals surface area (Å²) in [5.41, 5.74) is 4.04. The van der Waals surface area contributed by atoms with Crippen LogP contribution in [0.3, 0.4) is 0 Å². The lowest BCUT2D eigenvalue weighted by Crippen LogP contribution is -2.42. The second kappa shape index (κ2) is 9.08. The van der Waals surface area contributed by atoms with Crippen molar-refractivity contribution in [3.8, 4) is 0 Å². The van der Waals surface area contributed by atoms with Crippen LogP contribution in [0.4, 0.5) is 0 Å². The molecule has 0 atom stereocenters. The summed E-state index contributed by atoms with van der Waals surface area (Å²) in [7, 11) is 0. The number of aromatic nitrogens is 5. The fourth-order valence-corrected chi connectivity index (χ4v) is 5.30. The van der Waals surface area contributed by atoms with Gasteiger partial charge in [0.15, 0.2) is 11.2 Å². The molecule has 0 bridgehead atoms. The predicted molar refractivity (Wildman–Crippen MR) is 126 cm³/mol. The topological polar surface area (TPSA) is 96.8 Å². The average molecular weight is 449 g/mol. The highest BCUT2D eigenvalue weighted by atomic mass is 16.2. The van der Waals surface area contributed by atoms with Gasteiger partial charge in [-0.15, -0.1) is 5.10 Å². The van der Waals surface area contributed by atoms with Crippen molar-refractivity contribution in [3.05, 3.63) is 51.1 Å². The largest absolute Gasteiger partial charge is 0.342 e. The molecule has 8 nitrogen and oxygen atoms in total. The molecular weight excluding hydrogens is 416 g/mol. The van der Waals surface area contributed by atoms with E-state index in [-0.39, 0.29) is 22.9 Å². The molecular formula is C25H32N6O2. The first kappa shape index (κ1) is 21.8. The van der Waals surface area contributed by atoms with E-state index in [1.165, 1.54) is 30.4 Å². The minimum atomic E-state index is -0.247. The van der Waals surface area contributed by atoms with Gasteiger partial charge in [0.1, 0.15) is 5.82 Å². The molecule has 33 heavy (non-hydrogen) atoms. The number of rotatable bonds is 4. The van der Waals surface area contributed by atoms with E-state index in [0.29, 0.717) is 23.9 Å². The van der Waals surface area contributed by atoms with Crippen molar-refractivity contribution >= 4 is 17.1 Å². The summed E-state index contributed by atoms with van der Waals surface area (Å²) in [6.45, 7) is 6.11. The van der Waals surface area contributed by atoms with Crippen LogP contribution in [0.15, 0.2) is 23.0 Å². The SMILES string of the molecule is Cc1ccc(C)c(Cn2nnc3c(=O)[nH]c(C4CCN(C(=O)C5CCCCC5)CC4)nc32)c1. The molecule has 1 aromatic carbocycles. The van der Waals surface area contributed by atoms with E-state index in [1.807, 2.05) is 4.90 Å². The lowest BCUT2D eigenvalue weighted by atomic mass is 9.87. The van der Waals surface area contributed by atoms with E-state index >= 15 is 0 Å². The highest BCUT2D eigenvalue weighted by Gasteiger charge is 2.30. The molecule has 2 fully saturated rings. The third-order valence-electron chi connectivity index (χ3n) is 7.36. The van der Waals surface area contributed by atoms with Crippen molar-refractivity contribution in [2.45, 2.75) is 71.3 Å². The average Bonchev–Trinajstić information content (AvgIpc) is 3.25. The first-order chi connectivity index (χ1) is 16.0. The van der Waals surface area contributed by atoms with Crippen LogP contribution in [-0.2, 0) is 11.3 Å². The summed E-state index contributed by atoms with van der Waals surface area (Å²) < 4.78 is 1.72. The number of fused-ring (bicyclic) bond motifs is 1. The van der Waals surface area contributed by atoms with Gasteiger partial charge in [-0.2, -0.15) is 0 Å². The number of nitrogens with zero attached hydrogens (tertiary/aromatic N) is 5. The Kier molecular flexibility index (Phi) is 6.00. The normalized spacial score (nSPS) is 18.2.